The molecule has 0 aliphatic carbocycles. The lowest BCUT2D eigenvalue weighted by Gasteiger charge is -2.31. The number of thiazole rings is 1. The highest BCUT2D eigenvalue weighted by molar-refractivity contribution is 7.09. The molecule has 2 aromatic carbocycles. The van der Waals surface area contributed by atoms with E-state index < -0.39 is 11.2 Å². The molecular formula is C51H67N7O6S. The number of aromatic nitrogens is 3. The van der Waals surface area contributed by atoms with Crippen LogP contribution in [0, 0.1) is 18.8 Å². The second-order valence-electron chi connectivity index (χ2n) is 20.7. The molecule has 0 atom stereocenters. The number of aryl methyl sites for hydroxylation is 1. The van der Waals surface area contributed by atoms with Crippen molar-refractivity contribution in [3.63, 3.8) is 0 Å². The lowest BCUT2D eigenvalue weighted by Crippen LogP contribution is -2.40. The van der Waals surface area contributed by atoms with Gasteiger partial charge >= 0.3 is 12.2 Å². The van der Waals surface area contributed by atoms with E-state index in [4.69, 9.17) is 14.5 Å². The maximum absolute atomic E-state index is 13.4. The van der Waals surface area contributed by atoms with Gasteiger partial charge in [0.1, 0.15) is 11.2 Å². The fourth-order valence-electron chi connectivity index (χ4n) is 9.51. The molecule has 348 valence electrons. The second-order valence-corrected chi connectivity index (χ2v) is 21.8. The van der Waals surface area contributed by atoms with E-state index in [1.54, 1.807) is 21.1 Å². The van der Waals surface area contributed by atoms with E-state index in [1.165, 1.54) is 5.69 Å². The van der Waals surface area contributed by atoms with Gasteiger partial charge in [0.2, 0.25) is 0 Å². The third-order valence-electron chi connectivity index (χ3n) is 13.2. The number of nitrogens with zero attached hydrogens (tertiary/aromatic N) is 6. The van der Waals surface area contributed by atoms with Gasteiger partial charge in [-0.05, 0) is 122 Å². The third-order valence-corrected chi connectivity index (χ3v) is 14.0. The number of amides is 4. The van der Waals surface area contributed by atoms with Crippen LogP contribution < -0.4 is 0 Å². The molecule has 0 unspecified atom stereocenters. The average Bonchev–Trinajstić information content (AvgIpc) is 3.94. The minimum absolute atomic E-state index is 0.0974. The van der Waals surface area contributed by atoms with Crippen LogP contribution in [-0.4, -0.2) is 109 Å². The van der Waals surface area contributed by atoms with E-state index in [-0.39, 0.29) is 24.0 Å². The van der Waals surface area contributed by atoms with E-state index in [1.807, 2.05) is 88.6 Å². The number of rotatable bonds is 4. The molecule has 1 N–H and O–H groups in total. The Morgan fingerprint density at radius 2 is 1.22 bits per heavy atom. The number of piperidine rings is 2. The summed E-state index contributed by atoms with van der Waals surface area (Å²) in [4.78, 5) is 67.4. The first kappa shape index (κ1) is 46.2. The van der Waals surface area contributed by atoms with Crippen LogP contribution in [0.1, 0.15) is 135 Å². The van der Waals surface area contributed by atoms with Crippen LogP contribution in [0.25, 0.3) is 21.8 Å². The molecule has 14 heteroatoms. The summed E-state index contributed by atoms with van der Waals surface area (Å²) in [6.45, 7) is 24.0. The van der Waals surface area contributed by atoms with Crippen molar-refractivity contribution < 1.29 is 28.7 Å². The van der Waals surface area contributed by atoms with Crippen LogP contribution in [0.2, 0.25) is 0 Å². The van der Waals surface area contributed by atoms with Crippen LogP contribution in [-0.2, 0) is 41.9 Å². The Labute approximate surface area is 387 Å². The molecule has 4 amide bonds. The minimum atomic E-state index is -0.542. The van der Waals surface area contributed by atoms with Gasteiger partial charge in [0.05, 0.1) is 30.3 Å². The first-order valence-corrected chi connectivity index (χ1v) is 24.4. The molecule has 0 radical (unpaired) electrons. The number of H-pyrrole nitrogens is 1. The van der Waals surface area contributed by atoms with Gasteiger partial charge in [-0.2, -0.15) is 0 Å². The van der Waals surface area contributed by atoms with Gasteiger partial charge in [0, 0.05) is 113 Å². The van der Waals surface area contributed by atoms with E-state index in [0.717, 1.165) is 125 Å². The Balaban J connectivity index is 0.000000181. The Morgan fingerprint density at radius 1 is 0.692 bits per heavy atom. The number of nitrogens with one attached hydrogen (secondary N) is 1. The Hall–Kier alpha value is -5.37. The van der Waals surface area contributed by atoms with E-state index in [0.29, 0.717) is 44.6 Å². The summed E-state index contributed by atoms with van der Waals surface area (Å²) < 4.78 is 13.5. The number of fused-ring (bicyclic) bond motifs is 6. The molecule has 2 fully saturated rings. The standard InChI is InChI=1S/C28H36N4O3S.C23H31N3O3/c1-18-8-11-30(12-9-18)26(33)20-6-7-24-22(14-20)23-16-31(27(34)35-28(3,4)5)13-10-25(23)32(24)15-21-17-36-19(2)29-21;1-15-7-10-25(11-8-15)21(27)16-5-6-19-17(13-16)18-14-26(12-9-20(18)24-19)22(28)29-23(2,3)4/h6-7,14,17-18H,8-13,15-16H2,1-5H3;5-6,13,15,24H,7-12,14H2,1-4H3. The number of carbonyl (C=O) groups excluding carboxylic acids is 4. The van der Waals surface area contributed by atoms with Gasteiger partial charge in [-0.1, -0.05) is 13.8 Å². The largest absolute Gasteiger partial charge is 0.444 e. The lowest BCUT2D eigenvalue weighted by atomic mass is 9.98. The van der Waals surface area contributed by atoms with Gasteiger partial charge in [0.15, 0.2) is 0 Å². The molecule has 65 heavy (non-hydrogen) atoms. The summed E-state index contributed by atoms with van der Waals surface area (Å²) in [6.07, 6.45) is 5.16. The number of ether oxygens (including phenoxy) is 2. The monoisotopic (exact) mass is 905 g/mol. The quantitative estimate of drug-likeness (QED) is 0.190. The SMILES string of the molecule is CC1CCN(C(=O)c2ccc3[nH]c4c(c3c2)CN(C(=O)OC(C)(C)C)CC4)CC1.Cc1nc(Cn2c3c(c4cc(C(=O)N5CCC(C)CC5)ccc42)CN(C(=O)OC(C)(C)C)CC3)cs1. The Bertz CT molecular complexity index is 2580. The minimum Gasteiger partial charge on any atom is -0.444 e. The van der Waals surface area contributed by atoms with Crippen molar-refractivity contribution in [1.29, 1.82) is 0 Å². The zero-order valence-electron chi connectivity index (χ0n) is 39.8. The molecule has 0 spiro atoms. The molecule has 2 saturated heterocycles. The molecule has 5 aromatic rings. The first-order valence-electron chi connectivity index (χ1n) is 23.5. The molecule has 4 aliphatic heterocycles. The lowest BCUT2D eigenvalue weighted by molar-refractivity contribution is 0.0213. The predicted molar refractivity (Wildman–Crippen MR) is 255 cm³/mol. The smallest absolute Gasteiger partial charge is 0.410 e. The number of likely N-dealkylation sites (tertiary alicyclic amines) is 2. The van der Waals surface area contributed by atoms with Gasteiger partial charge < -0.3 is 38.6 Å². The second kappa shape index (κ2) is 18.5. The Morgan fingerprint density at radius 3 is 1.75 bits per heavy atom. The maximum atomic E-state index is 13.4. The van der Waals surface area contributed by atoms with Gasteiger partial charge in [-0.15, -0.1) is 11.3 Å². The molecule has 9 rings (SSSR count). The summed E-state index contributed by atoms with van der Waals surface area (Å²) in [5, 5.41) is 5.24. The van der Waals surface area contributed by atoms with Gasteiger partial charge in [0.25, 0.3) is 11.8 Å². The summed E-state index contributed by atoms with van der Waals surface area (Å²) in [6, 6.07) is 12.0. The van der Waals surface area contributed by atoms with Crippen LogP contribution in [0.4, 0.5) is 9.59 Å². The highest BCUT2D eigenvalue weighted by atomic mass is 32.1. The molecular weight excluding hydrogens is 839 g/mol. The first-order chi connectivity index (χ1) is 30.8. The number of hydrogen-bond donors (Lipinski definition) is 1. The van der Waals surface area contributed by atoms with Crippen molar-refractivity contribution in [1.82, 2.24) is 34.1 Å². The maximum Gasteiger partial charge on any atom is 0.410 e. The number of hydrogen-bond acceptors (Lipinski definition) is 8. The number of aromatic amines is 1. The van der Waals surface area contributed by atoms with Crippen molar-refractivity contribution in [2.75, 3.05) is 39.3 Å². The summed E-state index contributed by atoms with van der Waals surface area (Å²) in [7, 11) is 0. The molecule has 7 heterocycles. The molecule has 13 nitrogen and oxygen atoms in total. The van der Waals surface area contributed by atoms with Crippen molar-refractivity contribution in [2.24, 2.45) is 11.8 Å². The molecule has 0 saturated carbocycles. The topological polar surface area (TPSA) is 133 Å². The number of carbonyl (C=O) groups is 4. The van der Waals surface area contributed by atoms with Crippen LogP contribution >= 0.6 is 11.3 Å². The van der Waals surface area contributed by atoms with E-state index in [2.05, 4.69) is 34.8 Å². The molecule has 4 aliphatic rings. The molecule has 3 aromatic heterocycles. The zero-order chi connectivity index (χ0) is 46.4. The van der Waals surface area contributed by atoms with Crippen LogP contribution in [0.3, 0.4) is 0 Å². The van der Waals surface area contributed by atoms with Gasteiger partial charge in [-0.25, -0.2) is 14.6 Å². The highest BCUT2D eigenvalue weighted by Gasteiger charge is 2.32. The van der Waals surface area contributed by atoms with Gasteiger partial charge in [-0.3, -0.25) is 9.59 Å². The average molecular weight is 906 g/mol. The fraction of sp³-hybridized carbons (Fsp3) is 0.549. The normalized spacial score (nSPS) is 17.4. The Kier molecular flexibility index (Phi) is 13.1. The van der Waals surface area contributed by atoms with Crippen molar-refractivity contribution in [2.45, 2.75) is 132 Å². The summed E-state index contributed by atoms with van der Waals surface area (Å²) >= 11 is 1.66. The summed E-state index contributed by atoms with van der Waals surface area (Å²) in [5.74, 6) is 1.57. The van der Waals surface area contributed by atoms with Crippen LogP contribution in [0.15, 0.2) is 41.8 Å². The summed E-state index contributed by atoms with van der Waals surface area (Å²) in [5.41, 5.74) is 8.10. The molecule has 0 bridgehead atoms. The van der Waals surface area contributed by atoms with Crippen molar-refractivity contribution in [3.8, 4) is 0 Å². The predicted octanol–water partition coefficient (Wildman–Crippen LogP) is 9.95. The van der Waals surface area contributed by atoms with E-state index >= 15 is 0 Å². The van der Waals surface area contributed by atoms with Crippen LogP contribution in [0.5, 0.6) is 0 Å². The third kappa shape index (κ3) is 10.5. The van der Waals surface area contributed by atoms with Crippen molar-refractivity contribution >= 4 is 57.1 Å². The fourth-order valence-corrected chi connectivity index (χ4v) is 10.1. The van der Waals surface area contributed by atoms with Crippen molar-refractivity contribution in [3.05, 3.63) is 86.1 Å². The van der Waals surface area contributed by atoms with E-state index in [9.17, 15) is 19.2 Å². The highest BCUT2D eigenvalue weighted by Crippen LogP contribution is 2.35. The zero-order valence-corrected chi connectivity index (χ0v) is 40.7. The number of benzene rings is 2.